The minimum atomic E-state index is 0.182. The van der Waals surface area contributed by atoms with Crippen molar-refractivity contribution < 1.29 is 4.74 Å². The van der Waals surface area contributed by atoms with Gasteiger partial charge in [0.1, 0.15) is 0 Å². The van der Waals surface area contributed by atoms with E-state index in [0.717, 1.165) is 26.1 Å². The summed E-state index contributed by atoms with van der Waals surface area (Å²) in [4.78, 5) is 2.55. The van der Waals surface area contributed by atoms with Crippen LogP contribution in [0.5, 0.6) is 0 Å². The highest BCUT2D eigenvalue weighted by molar-refractivity contribution is 5.82. The first-order chi connectivity index (χ1) is 15.7. The average Bonchev–Trinajstić information content (AvgIpc) is 2.84. The second-order valence-electron chi connectivity index (χ2n) is 9.06. The van der Waals surface area contributed by atoms with Crippen LogP contribution in [0.3, 0.4) is 0 Å². The van der Waals surface area contributed by atoms with Crippen LogP contribution in [0.4, 0.5) is 0 Å². The lowest BCUT2D eigenvalue weighted by Gasteiger charge is -2.39. The van der Waals surface area contributed by atoms with E-state index in [9.17, 15) is 0 Å². The zero-order valence-electron chi connectivity index (χ0n) is 18.8. The van der Waals surface area contributed by atoms with Gasteiger partial charge in [0.25, 0.3) is 0 Å². The Morgan fingerprint density at radius 2 is 1.53 bits per heavy atom. The largest absolute Gasteiger partial charge is 0.372 e. The first-order valence-electron chi connectivity index (χ1n) is 11.7. The third kappa shape index (κ3) is 4.93. The number of nitrogens with zero attached hydrogens (tertiary/aromatic N) is 1. The maximum Gasteiger partial charge on any atom is 0.0775 e. The van der Waals surface area contributed by atoms with Crippen LogP contribution < -0.4 is 0 Å². The minimum absolute atomic E-state index is 0.182. The lowest BCUT2D eigenvalue weighted by Crippen LogP contribution is -2.43. The molecule has 4 aromatic rings. The van der Waals surface area contributed by atoms with Crippen molar-refractivity contribution in [1.29, 1.82) is 0 Å². The molecule has 0 saturated carbocycles. The van der Waals surface area contributed by atoms with Gasteiger partial charge in [0, 0.05) is 19.0 Å². The Balaban J connectivity index is 1.33. The third-order valence-electron chi connectivity index (χ3n) is 6.68. The molecule has 0 aromatic heterocycles. The maximum atomic E-state index is 6.64. The van der Waals surface area contributed by atoms with Gasteiger partial charge in [-0.1, -0.05) is 96.6 Å². The highest BCUT2D eigenvalue weighted by atomic mass is 16.5. The highest BCUT2D eigenvalue weighted by Crippen LogP contribution is 2.32. The molecule has 0 aliphatic carbocycles. The van der Waals surface area contributed by atoms with Crippen molar-refractivity contribution in [1.82, 2.24) is 4.90 Å². The second-order valence-corrected chi connectivity index (χ2v) is 9.06. The van der Waals surface area contributed by atoms with Gasteiger partial charge in [-0.3, -0.25) is 4.90 Å². The van der Waals surface area contributed by atoms with E-state index in [0.29, 0.717) is 12.5 Å². The molecular weight excluding hydrogens is 390 g/mol. The smallest absolute Gasteiger partial charge is 0.0775 e. The number of likely N-dealkylation sites (tertiary alicyclic amines) is 1. The Morgan fingerprint density at radius 3 is 2.34 bits per heavy atom. The molecule has 1 heterocycles. The monoisotopic (exact) mass is 421 g/mol. The van der Waals surface area contributed by atoms with Crippen molar-refractivity contribution in [2.45, 2.75) is 38.5 Å². The summed E-state index contributed by atoms with van der Waals surface area (Å²) in [6.45, 7) is 5.85. The second kappa shape index (κ2) is 9.68. The number of aryl methyl sites for hydroxylation is 1. The molecular formula is C30H31NO. The Morgan fingerprint density at radius 1 is 0.781 bits per heavy atom. The van der Waals surface area contributed by atoms with Crippen molar-refractivity contribution in [3.8, 4) is 0 Å². The van der Waals surface area contributed by atoms with Gasteiger partial charge in [-0.15, -0.1) is 0 Å². The number of hydrogen-bond acceptors (Lipinski definition) is 2. The van der Waals surface area contributed by atoms with E-state index in [2.05, 4.69) is 109 Å². The van der Waals surface area contributed by atoms with E-state index in [1.54, 1.807) is 0 Å². The van der Waals surface area contributed by atoms with Gasteiger partial charge in [-0.05, 0) is 53.4 Å². The molecule has 2 unspecified atom stereocenters. The first kappa shape index (κ1) is 20.9. The van der Waals surface area contributed by atoms with E-state index in [-0.39, 0.29) is 6.10 Å². The molecule has 1 aliphatic rings. The van der Waals surface area contributed by atoms with Crippen LogP contribution in [0.2, 0.25) is 0 Å². The fraction of sp³-hybridized carbons (Fsp3) is 0.267. The summed E-state index contributed by atoms with van der Waals surface area (Å²) in [7, 11) is 0. The number of hydrogen-bond donors (Lipinski definition) is 0. The number of fused-ring (bicyclic) bond motifs is 1. The molecule has 1 aliphatic heterocycles. The van der Waals surface area contributed by atoms with Gasteiger partial charge < -0.3 is 4.74 Å². The predicted octanol–water partition coefficient (Wildman–Crippen LogP) is 6.72. The molecule has 1 fully saturated rings. The van der Waals surface area contributed by atoms with E-state index >= 15 is 0 Å². The van der Waals surface area contributed by atoms with Crippen LogP contribution in [0.15, 0.2) is 97.1 Å². The Hall–Kier alpha value is -2.94. The van der Waals surface area contributed by atoms with Crippen LogP contribution in [0.1, 0.15) is 34.6 Å². The van der Waals surface area contributed by atoms with Crippen molar-refractivity contribution in [2.75, 3.05) is 13.1 Å². The van der Waals surface area contributed by atoms with Crippen LogP contribution >= 0.6 is 0 Å². The molecule has 1 saturated heterocycles. The Kier molecular flexibility index (Phi) is 6.34. The standard InChI is InChI=1S/C30H31NO/c1-23-11-14-27(15-12-23)29-17-18-31(20-24-7-3-2-4-8-24)21-30(29)32-22-25-13-16-26-9-5-6-10-28(26)19-25/h2-16,19,29-30H,17-18,20-22H2,1H3. The summed E-state index contributed by atoms with van der Waals surface area (Å²) in [5, 5.41) is 2.55. The van der Waals surface area contributed by atoms with E-state index in [4.69, 9.17) is 4.74 Å². The first-order valence-corrected chi connectivity index (χ1v) is 11.7. The Bertz CT molecular complexity index is 1150. The number of piperidine rings is 1. The van der Waals surface area contributed by atoms with Crippen LogP contribution in [0, 0.1) is 6.92 Å². The lowest BCUT2D eigenvalue weighted by molar-refractivity contribution is -0.0263. The number of benzene rings is 4. The summed E-state index contributed by atoms with van der Waals surface area (Å²) in [6.07, 6.45) is 1.31. The van der Waals surface area contributed by atoms with Crippen molar-refractivity contribution >= 4 is 10.8 Å². The molecule has 4 aromatic carbocycles. The van der Waals surface area contributed by atoms with Gasteiger partial charge in [0.2, 0.25) is 0 Å². The van der Waals surface area contributed by atoms with Gasteiger partial charge in [0.15, 0.2) is 0 Å². The zero-order chi connectivity index (χ0) is 21.8. The molecule has 32 heavy (non-hydrogen) atoms. The number of rotatable bonds is 6. The van der Waals surface area contributed by atoms with Crippen LogP contribution in [0.25, 0.3) is 10.8 Å². The normalized spacial score (nSPS) is 19.3. The summed E-state index contributed by atoms with van der Waals surface area (Å²) in [5.41, 5.74) is 5.32. The molecule has 0 amide bonds. The summed E-state index contributed by atoms with van der Waals surface area (Å²) in [6, 6.07) is 35.0. The zero-order valence-corrected chi connectivity index (χ0v) is 18.8. The average molecular weight is 422 g/mol. The van der Waals surface area contributed by atoms with E-state index in [1.807, 2.05) is 0 Å². The van der Waals surface area contributed by atoms with Crippen LogP contribution in [-0.4, -0.2) is 24.1 Å². The molecule has 162 valence electrons. The number of ether oxygens (including phenoxy) is 1. The molecule has 5 rings (SSSR count). The minimum Gasteiger partial charge on any atom is -0.372 e. The SMILES string of the molecule is Cc1ccc(C2CCN(Cc3ccccc3)CC2OCc2ccc3ccccc3c2)cc1. The predicted molar refractivity (Wildman–Crippen MR) is 133 cm³/mol. The van der Waals surface area contributed by atoms with Gasteiger partial charge in [-0.2, -0.15) is 0 Å². The molecule has 0 N–H and O–H groups in total. The lowest BCUT2D eigenvalue weighted by atomic mass is 9.86. The molecule has 0 spiro atoms. The van der Waals surface area contributed by atoms with Crippen molar-refractivity contribution in [2.24, 2.45) is 0 Å². The fourth-order valence-corrected chi connectivity index (χ4v) is 4.86. The van der Waals surface area contributed by atoms with Crippen molar-refractivity contribution in [3.63, 3.8) is 0 Å². The molecule has 2 nitrogen and oxygen atoms in total. The molecule has 0 bridgehead atoms. The van der Waals surface area contributed by atoms with Gasteiger partial charge in [-0.25, -0.2) is 0 Å². The van der Waals surface area contributed by atoms with Gasteiger partial charge in [0.05, 0.1) is 12.7 Å². The van der Waals surface area contributed by atoms with Gasteiger partial charge >= 0.3 is 0 Å². The third-order valence-corrected chi connectivity index (χ3v) is 6.68. The van der Waals surface area contributed by atoms with E-state index < -0.39 is 0 Å². The summed E-state index contributed by atoms with van der Waals surface area (Å²) >= 11 is 0. The maximum absolute atomic E-state index is 6.64. The molecule has 2 atom stereocenters. The molecule has 0 radical (unpaired) electrons. The van der Waals surface area contributed by atoms with Crippen molar-refractivity contribution in [3.05, 3.63) is 119 Å². The van der Waals surface area contributed by atoms with E-state index in [1.165, 1.54) is 33.0 Å². The Labute approximate surface area is 191 Å². The molecule has 2 heteroatoms. The summed E-state index contributed by atoms with van der Waals surface area (Å²) < 4.78 is 6.64. The quantitative estimate of drug-likeness (QED) is 0.342. The highest BCUT2D eigenvalue weighted by Gasteiger charge is 2.31. The fourth-order valence-electron chi connectivity index (χ4n) is 4.86. The topological polar surface area (TPSA) is 12.5 Å². The summed E-state index contributed by atoms with van der Waals surface area (Å²) in [5.74, 6) is 0.433. The van der Waals surface area contributed by atoms with Crippen LogP contribution in [-0.2, 0) is 17.9 Å².